The molecule has 2 heterocycles. The Labute approximate surface area is 203 Å². The van der Waals surface area contributed by atoms with Crippen LogP contribution in [-0.2, 0) is 21.4 Å². The van der Waals surface area contributed by atoms with Crippen molar-refractivity contribution in [3.05, 3.63) is 47.3 Å². The lowest BCUT2D eigenvalue weighted by atomic mass is 9.99. The van der Waals surface area contributed by atoms with Gasteiger partial charge in [-0.1, -0.05) is 11.3 Å². The van der Waals surface area contributed by atoms with Crippen molar-refractivity contribution in [3.63, 3.8) is 0 Å². The number of amides is 1. The highest BCUT2D eigenvalue weighted by molar-refractivity contribution is 7.89. The van der Waals surface area contributed by atoms with Crippen molar-refractivity contribution in [1.29, 1.82) is 0 Å². The van der Waals surface area contributed by atoms with E-state index in [0.717, 1.165) is 16.0 Å². The summed E-state index contributed by atoms with van der Waals surface area (Å²) in [5, 5.41) is 0. The van der Waals surface area contributed by atoms with E-state index in [1.54, 1.807) is 12.1 Å². The van der Waals surface area contributed by atoms with Crippen LogP contribution in [0.1, 0.15) is 26.7 Å². The van der Waals surface area contributed by atoms with E-state index in [-0.39, 0.29) is 17.3 Å². The molecule has 3 aromatic rings. The Bertz CT molecular complexity index is 1340. The third kappa shape index (κ3) is 4.89. The molecule has 182 valence electrons. The first-order valence-electron chi connectivity index (χ1n) is 11.4. The standard InChI is InChI=1S/C24H29N3O5S2/c1-4-27-21-13-10-19(32-5-2)15-22(21)33-24(27)25-23(28)17-7-6-14-26(16-17)34(29,30)20-11-8-18(31-3)9-12-20/h8-13,15,17H,4-7,14,16H2,1-3H3. The molecule has 0 bridgehead atoms. The number of methoxy groups -OCH3 is 1. The van der Waals surface area contributed by atoms with E-state index in [1.165, 1.54) is 34.9 Å². The van der Waals surface area contributed by atoms with Gasteiger partial charge < -0.3 is 14.0 Å². The molecule has 34 heavy (non-hydrogen) atoms. The third-order valence-corrected chi connectivity index (χ3v) is 8.84. The van der Waals surface area contributed by atoms with E-state index in [9.17, 15) is 13.2 Å². The maximum atomic E-state index is 13.1. The minimum absolute atomic E-state index is 0.127. The lowest BCUT2D eigenvalue weighted by molar-refractivity contribution is -0.122. The van der Waals surface area contributed by atoms with Crippen LogP contribution < -0.4 is 14.3 Å². The number of ether oxygens (including phenoxy) is 2. The monoisotopic (exact) mass is 503 g/mol. The first-order chi connectivity index (χ1) is 16.4. The number of aryl methyl sites for hydroxylation is 1. The van der Waals surface area contributed by atoms with Crippen LogP contribution in [0.25, 0.3) is 10.2 Å². The SMILES string of the molecule is CCOc1ccc2c(c1)sc(=NC(=O)C1CCCN(S(=O)(=O)c3ccc(OC)cc3)C1)n2CC. The second-order valence-electron chi connectivity index (χ2n) is 8.02. The molecule has 0 radical (unpaired) electrons. The molecule has 2 aromatic carbocycles. The molecule has 1 aromatic heterocycles. The van der Waals surface area contributed by atoms with E-state index in [1.807, 2.05) is 36.6 Å². The maximum absolute atomic E-state index is 13.1. The normalized spacial score (nSPS) is 17.7. The summed E-state index contributed by atoms with van der Waals surface area (Å²) in [6.45, 7) is 5.71. The van der Waals surface area contributed by atoms with Crippen molar-refractivity contribution >= 4 is 37.5 Å². The van der Waals surface area contributed by atoms with E-state index >= 15 is 0 Å². The lowest BCUT2D eigenvalue weighted by Gasteiger charge is -2.30. The van der Waals surface area contributed by atoms with E-state index in [4.69, 9.17) is 9.47 Å². The molecule has 1 saturated heterocycles. The summed E-state index contributed by atoms with van der Waals surface area (Å²) in [5.41, 5.74) is 0.995. The highest BCUT2D eigenvalue weighted by Gasteiger charge is 2.33. The summed E-state index contributed by atoms with van der Waals surface area (Å²) in [6, 6.07) is 12.2. The number of nitrogens with zero attached hydrogens (tertiary/aromatic N) is 3. The van der Waals surface area contributed by atoms with Crippen LogP contribution in [0.5, 0.6) is 11.5 Å². The quantitative estimate of drug-likeness (QED) is 0.491. The first kappa shape index (κ1) is 24.4. The zero-order valence-electron chi connectivity index (χ0n) is 19.6. The number of sulfonamides is 1. The number of carbonyl (C=O) groups excluding carboxylic acids is 1. The van der Waals surface area contributed by atoms with Crippen molar-refractivity contribution in [2.24, 2.45) is 10.9 Å². The van der Waals surface area contributed by atoms with Crippen LogP contribution in [0, 0.1) is 5.92 Å². The zero-order valence-corrected chi connectivity index (χ0v) is 21.2. The summed E-state index contributed by atoms with van der Waals surface area (Å²) in [5.74, 6) is 0.610. The minimum Gasteiger partial charge on any atom is -0.497 e. The van der Waals surface area contributed by atoms with Gasteiger partial charge in [-0.25, -0.2) is 8.42 Å². The molecule has 1 atom stereocenters. The number of carbonyl (C=O) groups is 1. The zero-order chi connectivity index (χ0) is 24.3. The summed E-state index contributed by atoms with van der Waals surface area (Å²) in [7, 11) is -2.17. The molecular formula is C24H29N3O5S2. The second kappa shape index (κ2) is 10.3. The Morgan fingerprint density at radius 1 is 1.15 bits per heavy atom. The maximum Gasteiger partial charge on any atom is 0.252 e. The van der Waals surface area contributed by atoms with Crippen molar-refractivity contribution < 1.29 is 22.7 Å². The van der Waals surface area contributed by atoms with E-state index in [0.29, 0.717) is 43.1 Å². The molecule has 0 spiro atoms. The number of piperidine rings is 1. The first-order valence-corrected chi connectivity index (χ1v) is 13.6. The summed E-state index contributed by atoms with van der Waals surface area (Å²) in [6.07, 6.45) is 1.22. The van der Waals surface area contributed by atoms with Gasteiger partial charge in [-0.3, -0.25) is 4.79 Å². The smallest absolute Gasteiger partial charge is 0.252 e. The molecule has 1 aliphatic rings. The molecular weight excluding hydrogens is 474 g/mol. The van der Waals surface area contributed by atoms with Crippen LogP contribution in [0.3, 0.4) is 0 Å². The van der Waals surface area contributed by atoms with Crippen molar-refractivity contribution in [3.8, 4) is 11.5 Å². The van der Waals surface area contributed by atoms with Crippen LogP contribution in [0.15, 0.2) is 52.4 Å². The summed E-state index contributed by atoms with van der Waals surface area (Å²) in [4.78, 5) is 18.4. The number of hydrogen-bond donors (Lipinski definition) is 0. The Hall–Kier alpha value is -2.69. The predicted octanol–water partition coefficient (Wildman–Crippen LogP) is 3.66. The van der Waals surface area contributed by atoms with E-state index in [2.05, 4.69) is 4.99 Å². The molecule has 8 nitrogen and oxygen atoms in total. The third-order valence-electron chi connectivity index (χ3n) is 5.92. The number of aromatic nitrogens is 1. The molecule has 0 N–H and O–H groups in total. The number of hydrogen-bond acceptors (Lipinski definition) is 6. The lowest BCUT2D eigenvalue weighted by Crippen LogP contribution is -2.42. The van der Waals surface area contributed by atoms with Crippen LogP contribution >= 0.6 is 11.3 Å². The Kier molecular flexibility index (Phi) is 7.39. The Morgan fingerprint density at radius 2 is 1.88 bits per heavy atom. The van der Waals surface area contributed by atoms with Crippen LogP contribution in [0.4, 0.5) is 0 Å². The van der Waals surface area contributed by atoms with Crippen LogP contribution in [0.2, 0.25) is 0 Å². The van der Waals surface area contributed by atoms with Gasteiger partial charge in [0, 0.05) is 19.6 Å². The second-order valence-corrected chi connectivity index (χ2v) is 11.0. The van der Waals surface area contributed by atoms with Crippen molar-refractivity contribution in [1.82, 2.24) is 8.87 Å². The van der Waals surface area contributed by atoms with Crippen LogP contribution in [-0.4, -0.2) is 50.0 Å². The van der Waals surface area contributed by atoms with Gasteiger partial charge in [0.1, 0.15) is 11.5 Å². The largest absolute Gasteiger partial charge is 0.497 e. The van der Waals surface area contributed by atoms with Gasteiger partial charge in [-0.15, -0.1) is 0 Å². The Balaban J connectivity index is 1.59. The number of thiazole rings is 1. The fourth-order valence-electron chi connectivity index (χ4n) is 4.15. The molecule has 0 saturated carbocycles. The molecule has 1 amide bonds. The van der Waals surface area contributed by atoms with Gasteiger partial charge in [0.2, 0.25) is 10.0 Å². The van der Waals surface area contributed by atoms with Gasteiger partial charge in [-0.05, 0) is 69.2 Å². The number of rotatable bonds is 7. The molecule has 4 rings (SSSR count). The molecule has 1 aliphatic heterocycles. The number of fused-ring (bicyclic) bond motifs is 1. The van der Waals surface area contributed by atoms with Gasteiger partial charge in [0.15, 0.2) is 4.80 Å². The summed E-state index contributed by atoms with van der Waals surface area (Å²) < 4.78 is 41.4. The average molecular weight is 504 g/mol. The molecule has 0 aliphatic carbocycles. The fourth-order valence-corrected chi connectivity index (χ4v) is 6.80. The topological polar surface area (TPSA) is 90.2 Å². The highest BCUT2D eigenvalue weighted by Crippen LogP contribution is 2.27. The molecule has 10 heteroatoms. The predicted molar refractivity (Wildman–Crippen MR) is 132 cm³/mol. The van der Waals surface area contributed by atoms with Gasteiger partial charge >= 0.3 is 0 Å². The average Bonchev–Trinajstić information content (AvgIpc) is 3.20. The van der Waals surface area contributed by atoms with Gasteiger partial charge in [0.25, 0.3) is 5.91 Å². The summed E-state index contributed by atoms with van der Waals surface area (Å²) >= 11 is 1.44. The Morgan fingerprint density at radius 3 is 2.56 bits per heavy atom. The van der Waals surface area contributed by atoms with Gasteiger partial charge in [-0.2, -0.15) is 9.30 Å². The highest BCUT2D eigenvalue weighted by atomic mass is 32.2. The van der Waals surface area contributed by atoms with Gasteiger partial charge in [0.05, 0.1) is 34.7 Å². The number of benzene rings is 2. The van der Waals surface area contributed by atoms with E-state index < -0.39 is 15.9 Å². The molecule has 1 unspecified atom stereocenters. The minimum atomic E-state index is -3.70. The fraction of sp³-hybridized carbons (Fsp3) is 0.417. The van der Waals surface area contributed by atoms with Crippen molar-refractivity contribution in [2.75, 3.05) is 26.8 Å². The van der Waals surface area contributed by atoms with Crippen molar-refractivity contribution in [2.45, 2.75) is 38.1 Å². The molecule has 1 fully saturated rings.